The van der Waals surface area contributed by atoms with Gasteiger partial charge in [0.2, 0.25) is 0 Å². The van der Waals surface area contributed by atoms with Gasteiger partial charge >= 0.3 is 0 Å². The van der Waals surface area contributed by atoms with Crippen LogP contribution in [-0.2, 0) is 6.61 Å². The second kappa shape index (κ2) is 7.52. The van der Waals surface area contributed by atoms with E-state index >= 15 is 0 Å². The number of rotatable bonds is 4. The fourth-order valence-electron chi connectivity index (χ4n) is 2.13. The average molecular weight is 280 g/mol. The summed E-state index contributed by atoms with van der Waals surface area (Å²) in [5, 5.41) is 8.73. The maximum Gasteiger partial charge on any atom is 0.123 e. The topological polar surface area (TPSA) is 29.5 Å². The van der Waals surface area contributed by atoms with Crippen molar-refractivity contribution in [1.29, 1.82) is 0 Å². The van der Waals surface area contributed by atoms with Crippen molar-refractivity contribution in [2.75, 3.05) is 6.61 Å². The first-order valence-electron chi connectivity index (χ1n) is 7.11. The van der Waals surface area contributed by atoms with Gasteiger partial charge < -0.3 is 9.84 Å². The predicted molar refractivity (Wildman–Crippen MR) is 85.3 cm³/mol. The molecule has 0 heterocycles. The minimum Gasteiger partial charge on any atom is -0.489 e. The molecule has 0 aliphatic rings. The first-order chi connectivity index (χ1) is 10.2. The molecule has 2 heteroatoms. The van der Waals surface area contributed by atoms with Crippen molar-refractivity contribution in [2.45, 2.75) is 26.4 Å². The molecule has 0 aliphatic carbocycles. The minimum absolute atomic E-state index is 0.123. The van der Waals surface area contributed by atoms with E-state index in [-0.39, 0.29) is 6.61 Å². The molecule has 2 aromatic carbocycles. The lowest BCUT2D eigenvalue weighted by Gasteiger charge is -2.14. The summed E-state index contributed by atoms with van der Waals surface area (Å²) in [6.07, 6.45) is 0. The third kappa shape index (κ3) is 4.37. The lowest BCUT2D eigenvalue weighted by molar-refractivity contribution is 0.302. The molecule has 0 amide bonds. The Morgan fingerprint density at radius 2 is 1.90 bits per heavy atom. The largest absolute Gasteiger partial charge is 0.489 e. The summed E-state index contributed by atoms with van der Waals surface area (Å²) in [6, 6.07) is 16.0. The van der Waals surface area contributed by atoms with Crippen LogP contribution in [0.4, 0.5) is 0 Å². The van der Waals surface area contributed by atoms with Crippen molar-refractivity contribution < 1.29 is 9.84 Å². The monoisotopic (exact) mass is 280 g/mol. The molecule has 0 bridgehead atoms. The Kier molecular flexibility index (Phi) is 5.43. The van der Waals surface area contributed by atoms with Crippen molar-refractivity contribution in [3.63, 3.8) is 0 Å². The van der Waals surface area contributed by atoms with E-state index in [2.05, 4.69) is 31.8 Å². The molecular weight excluding hydrogens is 260 g/mol. The van der Waals surface area contributed by atoms with Gasteiger partial charge in [-0.05, 0) is 35.2 Å². The van der Waals surface area contributed by atoms with Crippen LogP contribution in [0, 0.1) is 11.8 Å². The molecule has 0 radical (unpaired) electrons. The normalized spacial score (nSPS) is 10.1. The summed E-state index contributed by atoms with van der Waals surface area (Å²) in [5.41, 5.74) is 3.18. The van der Waals surface area contributed by atoms with Crippen LogP contribution < -0.4 is 4.74 Å². The number of benzene rings is 2. The van der Waals surface area contributed by atoms with Gasteiger partial charge in [0.05, 0.1) is 0 Å². The molecule has 0 saturated heterocycles. The molecule has 0 unspecified atom stereocenters. The van der Waals surface area contributed by atoms with Gasteiger partial charge in [-0.15, -0.1) is 0 Å². The van der Waals surface area contributed by atoms with Crippen LogP contribution in [0.2, 0.25) is 0 Å². The summed E-state index contributed by atoms with van der Waals surface area (Å²) in [7, 11) is 0. The number of hydrogen-bond donors (Lipinski definition) is 1. The molecule has 2 rings (SSSR count). The zero-order valence-corrected chi connectivity index (χ0v) is 12.5. The molecule has 21 heavy (non-hydrogen) atoms. The Balaban J connectivity index is 2.10. The lowest BCUT2D eigenvalue weighted by Crippen LogP contribution is -2.00. The van der Waals surface area contributed by atoms with Gasteiger partial charge in [0, 0.05) is 5.56 Å². The first-order valence-corrected chi connectivity index (χ1v) is 7.11. The maximum absolute atomic E-state index is 8.73. The molecule has 0 fully saturated rings. The molecule has 108 valence electrons. The van der Waals surface area contributed by atoms with E-state index in [1.165, 1.54) is 5.56 Å². The van der Waals surface area contributed by atoms with E-state index < -0.39 is 0 Å². The van der Waals surface area contributed by atoms with Crippen molar-refractivity contribution in [3.05, 3.63) is 65.2 Å². The SMILES string of the molecule is CC(C)c1ccccc1OCc1cccc(C#CCO)c1. The van der Waals surface area contributed by atoms with Crippen LogP contribution in [0.1, 0.15) is 36.5 Å². The zero-order valence-electron chi connectivity index (χ0n) is 12.5. The van der Waals surface area contributed by atoms with Gasteiger partial charge in [0.15, 0.2) is 0 Å². The summed E-state index contributed by atoms with van der Waals surface area (Å²) < 4.78 is 5.95. The Hall–Kier alpha value is -2.24. The van der Waals surface area contributed by atoms with Gasteiger partial charge in [0.1, 0.15) is 19.0 Å². The van der Waals surface area contributed by atoms with Gasteiger partial charge in [-0.2, -0.15) is 0 Å². The molecule has 1 N–H and O–H groups in total. The zero-order chi connectivity index (χ0) is 15.1. The van der Waals surface area contributed by atoms with Crippen LogP contribution in [0.5, 0.6) is 5.75 Å². The minimum atomic E-state index is -0.123. The van der Waals surface area contributed by atoms with Crippen LogP contribution in [0.3, 0.4) is 0 Å². The number of aliphatic hydroxyl groups is 1. The van der Waals surface area contributed by atoms with Crippen LogP contribution >= 0.6 is 0 Å². The Morgan fingerprint density at radius 3 is 2.67 bits per heavy atom. The van der Waals surface area contributed by atoms with Gasteiger partial charge in [-0.3, -0.25) is 0 Å². The molecule has 2 nitrogen and oxygen atoms in total. The highest BCUT2D eigenvalue weighted by molar-refractivity contribution is 5.38. The van der Waals surface area contributed by atoms with Gasteiger partial charge in [0.25, 0.3) is 0 Å². The number of hydrogen-bond acceptors (Lipinski definition) is 2. The van der Waals surface area contributed by atoms with Crippen molar-refractivity contribution in [2.24, 2.45) is 0 Å². The summed E-state index contributed by atoms with van der Waals surface area (Å²) in [5.74, 6) is 6.92. The standard InChI is InChI=1S/C19H20O2/c1-15(2)18-10-3-4-11-19(18)21-14-17-8-5-7-16(13-17)9-6-12-20/h3-5,7-8,10-11,13,15,20H,12,14H2,1-2H3. The van der Waals surface area contributed by atoms with E-state index in [4.69, 9.17) is 9.84 Å². The summed E-state index contributed by atoms with van der Waals surface area (Å²) in [4.78, 5) is 0. The fraction of sp³-hybridized carbons (Fsp3) is 0.263. The molecule has 0 saturated carbocycles. The average Bonchev–Trinajstić information content (AvgIpc) is 2.51. The van der Waals surface area contributed by atoms with E-state index in [0.29, 0.717) is 12.5 Å². The first kappa shape index (κ1) is 15.2. The van der Waals surface area contributed by atoms with Crippen molar-refractivity contribution in [1.82, 2.24) is 0 Å². The second-order valence-electron chi connectivity index (χ2n) is 5.14. The molecule has 0 spiro atoms. The predicted octanol–water partition coefficient (Wildman–Crippen LogP) is 3.73. The third-order valence-electron chi connectivity index (χ3n) is 3.17. The van der Waals surface area contributed by atoms with E-state index in [1.807, 2.05) is 42.5 Å². The third-order valence-corrected chi connectivity index (χ3v) is 3.17. The highest BCUT2D eigenvalue weighted by atomic mass is 16.5. The number of ether oxygens (including phenoxy) is 1. The van der Waals surface area contributed by atoms with Gasteiger partial charge in [-0.25, -0.2) is 0 Å². The van der Waals surface area contributed by atoms with Crippen LogP contribution in [0.25, 0.3) is 0 Å². The van der Waals surface area contributed by atoms with Crippen LogP contribution in [0.15, 0.2) is 48.5 Å². The molecule has 2 aromatic rings. The summed E-state index contributed by atoms with van der Waals surface area (Å²) in [6.45, 7) is 4.71. The maximum atomic E-state index is 8.73. The van der Waals surface area contributed by atoms with Gasteiger partial charge in [-0.1, -0.05) is 56.0 Å². The van der Waals surface area contributed by atoms with E-state index in [1.54, 1.807) is 0 Å². The summed E-state index contributed by atoms with van der Waals surface area (Å²) >= 11 is 0. The van der Waals surface area contributed by atoms with Crippen molar-refractivity contribution in [3.8, 4) is 17.6 Å². The lowest BCUT2D eigenvalue weighted by atomic mass is 10.0. The number of para-hydroxylation sites is 1. The molecular formula is C19H20O2. The Bertz CT molecular complexity index is 648. The highest BCUT2D eigenvalue weighted by Crippen LogP contribution is 2.26. The fourth-order valence-corrected chi connectivity index (χ4v) is 2.13. The van der Waals surface area contributed by atoms with Crippen molar-refractivity contribution >= 4 is 0 Å². The highest BCUT2D eigenvalue weighted by Gasteiger charge is 2.06. The van der Waals surface area contributed by atoms with Crippen LogP contribution in [-0.4, -0.2) is 11.7 Å². The van der Waals surface area contributed by atoms with E-state index in [9.17, 15) is 0 Å². The quantitative estimate of drug-likeness (QED) is 0.865. The smallest absolute Gasteiger partial charge is 0.123 e. The van der Waals surface area contributed by atoms with E-state index in [0.717, 1.165) is 16.9 Å². The Morgan fingerprint density at radius 1 is 1.10 bits per heavy atom. The molecule has 0 aromatic heterocycles. The second-order valence-corrected chi connectivity index (χ2v) is 5.14. The molecule has 0 atom stereocenters. The molecule has 0 aliphatic heterocycles. The number of aliphatic hydroxyl groups excluding tert-OH is 1. The Labute approximate surface area is 126 Å².